The van der Waals surface area contributed by atoms with E-state index in [-0.39, 0.29) is 11.5 Å². The van der Waals surface area contributed by atoms with Crippen molar-refractivity contribution >= 4 is 32.3 Å². The Bertz CT molecular complexity index is 971. The van der Waals surface area contributed by atoms with E-state index in [2.05, 4.69) is 24.3 Å². The number of rotatable bonds is 0. The average molecular weight is 260 g/mol. The summed E-state index contributed by atoms with van der Waals surface area (Å²) in [7, 11) is 0. The summed E-state index contributed by atoms with van der Waals surface area (Å²) in [6, 6.07) is 19.7. The second-order valence-corrected chi connectivity index (χ2v) is 5.01. The van der Waals surface area contributed by atoms with Gasteiger partial charge in [-0.05, 0) is 57.3 Å². The van der Waals surface area contributed by atoms with Gasteiger partial charge in [0, 0.05) is 5.39 Å². The molecule has 4 aromatic rings. The highest BCUT2D eigenvalue weighted by Crippen LogP contribution is 2.37. The zero-order chi connectivity index (χ0) is 13.7. The minimum atomic E-state index is -0.0855. The summed E-state index contributed by atoms with van der Waals surface area (Å²) in [5, 5.41) is 25.8. The first-order valence-electron chi connectivity index (χ1n) is 6.50. The van der Waals surface area contributed by atoms with Crippen LogP contribution in [0.15, 0.2) is 60.7 Å². The Balaban J connectivity index is 2.24. The number of aromatic hydroxyl groups is 2. The number of benzene rings is 4. The fourth-order valence-electron chi connectivity index (χ4n) is 2.80. The summed E-state index contributed by atoms with van der Waals surface area (Å²) in [6.07, 6.45) is 0. The van der Waals surface area contributed by atoms with E-state index < -0.39 is 0 Å². The average Bonchev–Trinajstić information content (AvgIpc) is 2.48. The number of fused-ring (bicyclic) bond motifs is 4. The van der Waals surface area contributed by atoms with Crippen molar-refractivity contribution < 1.29 is 10.2 Å². The quantitative estimate of drug-likeness (QED) is 0.276. The Morgan fingerprint density at radius 1 is 0.550 bits per heavy atom. The Morgan fingerprint density at radius 2 is 1.25 bits per heavy atom. The van der Waals surface area contributed by atoms with Crippen molar-refractivity contribution in [2.24, 2.45) is 0 Å². The second-order valence-electron chi connectivity index (χ2n) is 5.01. The molecule has 0 atom stereocenters. The molecule has 20 heavy (non-hydrogen) atoms. The van der Waals surface area contributed by atoms with Crippen LogP contribution in [0.25, 0.3) is 32.3 Å². The molecule has 0 saturated heterocycles. The lowest BCUT2D eigenvalue weighted by molar-refractivity contribution is 0.408. The maximum Gasteiger partial charge on any atom is 0.165 e. The van der Waals surface area contributed by atoms with Crippen molar-refractivity contribution in [3.63, 3.8) is 0 Å². The lowest BCUT2D eigenvalue weighted by Crippen LogP contribution is -1.81. The smallest absolute Gasteiger partial charge is 0.165 e. The van der Waals surface area contributed by atoms with Crippen LogP contribution >= 0.6 is 0 Å². The first-order valence-corrected chi connectivity index (χ1v) is 6.50. The summed E-state index contributed by atoms with van der Waals surface area (Å²) < 4.78 is 0. The fourth-order valence-corrected chi connectivity index (χ4v) is 2.80. The summed E-state index contributed by atoms with van der Waals surface area (Å²) >= 11 is 0. The van der Waals surface area contributed by atoms with Crippen LogP contribution in [0, 0.1) is 0 Å². The highest BCUT2D eigenvalue weighted by atomic mass is 16.3. The topological polar surface area (TPSA) is 40.5 Å². The molecule has 2 heteroatoms. The second kappa shape index (κ2) is 3.87. The van der Waals surface area contributed by atoms with Gasteiger partial charge in [0.15, 0.2) is 11.5 Å². The number of phenolic OH excluding ortho intramolecular Hbond substituents is 2. The number of phenols is 2. The van der Waals surface area contributed by atoms with Crippen molar-refractivity contribution in [1.82, 2.24) is 0 Å². The Labute approximate surface area is 115 Å². The first kappa shape index (κ1) is 11.1. The highest BCUT2D eigenvalue weighted by Gasteiger charge is 2.08. The van der Waals surface area contributed by atoms with Gasteiger partial charge in [-0.3, -0.25) is 0 Å². The van der Waals surface area contributed by atoms with Gasteiger partial charge in [0.2, 0.25) is 0 Å². The summed E-state index contributed by atoms with van der Waals surface area (Å²) in [5.41, 5.74) is 0. The molecule has 0 aliphatic rings. The van der Waals surface area contributed by atoms with Crippen LogP contribution < -0.4 is 0 Å². The predicted octanol–water partition coefficient (Wildman–Crippen LogP) is 4.56. The maximum absolute atomic E-state index is 9.98. The van der Waals surface area contributed by atoms with E-state index in [1.807, 2.05) is 30.3 Å². The Hall–Kier alpha value is -2.74. The van der Waals surface area contributed by atoms with Crippen LogP contribution in [0.2, 0.25) is 0 Å². The minimum Gasteiger partial charge on any atom is -0.504 e. The third-order valence-corrected chi connectivity index (χ3v) is 3.83. The normalized spacial score (nSPS) is 11.4. The summed E-state index contributed by atoms with van der Waals surface area (Å²) in [5.74, 6) is -0.143. The number of hydrogen-bond donors (Lipinski definition) is 2. The largest absolute Gasteiger partial charge is 0.504 e. The monoisotopic (exact) mass is 260 g/mol. The van der Waals surface area contributed by atoms with Crippen LogP contribution in [0.1, 0.15) is 0 Å². The van der Waals surface area contributed by atoms with Crippen molar-refractivity contribution in [3.05, 3.63) is 60.7 Å². The standard InChI is InChI=1S/C18H12O2/c19-17-8-7-14-15(18(17)20)6-5-13-9-11-3-1-2-4-12(11)10-16(13)14/h1-10,19-20H. The van der Waals surface area contributed by atoms with Crippen molar-refractivity contribution in [2.45, 2.75) is 0 Å². The molecule has 0 amide bonds. The molecule has 0 unspecified atom stereocenters. The third kappa shape index (κ3) is 1.45. The lowest BCUT2D eigenvalue weighted by atomic mass is 9.98. The van der Waals surface area contributed by atoms with Crippen LogP contribution in [-0.4, -0.2) is 10.2 Å². The molecule has 4 rings (SSSR count). The van der Waals surface area contributed by atoms with Gasteiger partial charge in [-0.15, -0.1) is 0 Å². The first-order chi connectivity index (χ1) is 9.74. The van der Waals surface area contributed by atoms with Crippen LogP contribution in [0.3, 0.4) is 0 Å². The lowest BCUT2D eigenvalue weighted by Gasteiger charge is -2.08. The molecule has 2 N–H and O–H groups in total. The van der Waals surface area contributed by atoms with Crippen molar-refractivity contribution in [1.29, 1.82) is 0 Å². The molecule has 0 saturated carbocycles. The van der Waals surface area contributed by atoms with Gasteiger partial charge in [-0.1, -0.05) is 30.3 Å². The van der Waals surface area contributed by atoms with Crippen LogP contribution in [-0.2, 0) is 0 Å². The molecule has 0 spiro atoms. The van der Waals surface area contributed by atoms with Gasteiger partial charge in [0.25, 0.3) is 0 Å². The highest BCUT2D eigenvalue weighted by molar-refractivity contribution is 6.13. The fraction of sp³-hybridized carbons (Fsp3) is 0. The Kier molecular flexibility index (Phi) is 2.15. The Morgan fingerprint density at radius 3 is 2.05 bits per heavy atom. The summed E-state index contributed by atoms with van der Waals surface area (Å²) in [6.45, 7) is 0. The van der Waals surface area contributed by atoms with Gasteiger partial charge >= 0.3 is 0 Å². The number of hydrogen-bond acceptors (Lipinski definition) is 2. The molecule has 0 aliphatic heterocycles. The SMILES string of the molecule is Oc1ccc2c(ccc3cc4ccccc4cc32)c1O. The van der Waals surface area contributed by atoms with Crippen LogP contribution in [0.5, 0.6) is 11.5 Å². The molecule has 4 aromatic carbocycles. The van der Waals surface area contributed by atoms with Crippen molar-refractivity contribution in [3.8, 4) is 11.5 Å². The minimum absolute atomic E-state index is 0.0578. The van der Waals surface area contributed by atoms with Gasteiger partial charge in [0.1, 0.15) is 0 Å². The molecule has 0 aliphatic carbocycles. The van der Waals surface area contributed by atoms with Gasteiger partial charge in [0.05, 0.1) is 0 Å². The van der Waals surface area contributed by atoms with E-state index in [1.54, 1.807) is 0 Å². The van der Waals surface area contributed by atoms with Gasteiger partial charge in [-0.25, -0.2) is 0 Å². The molecule has 0 fully saturated rings. The summed E-state index contributed by atoms with van der Waals surface area (Å²) in [4.78, 5) is 0. The van der Waals surface area contributed by atoms with E-state index >= 15 is 0 Å². The molecule has 0 bridgehead atoms. The molecule has 0 radical (unpaired) electrons. The molecular weight excluding hydrogens is 248 g/mol. The van der Waals surface area contributed by atoms with Crippen LogP contribution in [0.4, 0.5) is 0 Å². The molecule has 0 aromatic heterocycles. The maximum atomic E-state index is 9.98. The van der Waals surface area contributed by atoms with E-state index in [0.29, 0.717) is 5.39 Å². The van der Waals surface area contributed by atoms with E-state index in [4.69, 9.17) is 0 Å². The molecular formula is C18H12O2. The van der Waals surface area contributed by atoms with E-state index in [1.165, 1.54) is 16.8 Å². The van der Waals surface area contributed by atoms with Crippen molar-refractivity contribution in [2.75, 3.05) is 0 Å². The zero-order valence-electron chi connectivity index (χ0n) is 10.7. The van der Waals surface area contributed by atoms with E-state index in [9.17, 15) is 10.2 Å². The van der Waals surface area contributed by atoms with E-state index in [0.717, 1.165) is 16.2 Å². The third-order valence-electron chi connectivity index (χ3n) is 3.83. The molecule has 2 nitrogen and oxygen atoms in total. The molecule has 96 valence electrons. The van der Waals surface area contributed by atoms with Gasteiger partial charge < -0.3 is 10.2 Å². The van der Waals surface area contributed by atoms with Gasteiger partial charge in [-0.2, -0.15) is 0 Å². The zero-order valence-corrected chi connectivity index (χ0v) is 10.7. The molecule has 0 heterocycles. The predicted molar refractivity (Wildman–Crippen MR) is 82.3 cm³/mol.